The van der Waals surface area contributed by atoms with Gasteiger partial charge in [-0.05, 0) is 36.8 Å². The molecule has 0 unspecified atom stereocenters. The molecule has 1 aromatic heterocycles. The number of rotatable bonds is 6. The number of esters is 1. The van der Waals surface area contributed by atoms with E-state index in [0.29, 0.717) is 24.1 Å². The highest BCUT2D eigenvalue weighted by Crippen LogP contribution is 2.22. The molecule has 0 fully saturated rings. The number of hydrogen-bond acceptors (Lipinski definition) is 6. The van der Waals surface area contributed by atoms with Gasteiger partial charge in [0.05, 0.1) is 22.7 Å². The monoisotopic (exact) mass is 410 g/mol. The third-order valence-electron chi connectivity index (χ3n) is 3.81. The van der Waals surface area contributed by atoms with Gasteiger partial charge in [0.25, 0.3) is 0 Å². The molecule has 0 bridgehead atoms. The predicted octanol–water partition coefficient (Wildman–Crippen LogP) is 2.14. The zero-order chi connectivity index (χ0) is 19.6. The molecule has 0 spiro atoms. The Bertz CT molecular complexity index is 1170. The van der Waals surface area contributed by atoms with Gasteiger partial charge in [0, 0.05) is 6.54 Å². The van der Waals surface area contributed by atoms with Crippen molar-refractivity contribution in [3.8, 4) is 0 Å². The third-order valence-corrected chi connectivity index (χ3v) is 5.20. The summed E-state index contributed by atoms with van der Waals surface area (Å²) in [6, 6.07) is 10.7. The lowest BCUT2D eigenvalue weighted by atomic mass is 10.2. The van der Waals surface area contributed by atoms with Crippen LogP contribution in [-0.2, 0) is 21.3 Å². The van der Waals surface area contributed by atoms with Crippen LogP contribution < -0.4 is 10.9 Å². The Balaban J connectivity index is 1.63. The van der Waals surface area contributed by atoms with Gasteiger partial charge in [-0.1, -0.05) is 23.7 Å². The summed E-state index contributed by atoms with van der Waals surface area (Å²) in [5, 5.41) is 4.97. The van der Waals surface area contributed by atoms with Gasteiger partial charge in [0.15, 0.2) is 5.58 Å². The molecule has 0 amide bonds. The minimum atomic E-state index is -4.06. The van der Waals surface area contributed by atoms with Crippen LogP contribution in [0.25, 0.3) is 11.1 Å². The summed E-state index contributed by atoms with van der Waals surface area (Å²) in [5.74, 6) is -1.21. The summed E-state index contributed by atoms with van der Waals surface area (Å²) in [5.41, 5.74) is 1.15. The van der Waals surface area contributed by atoms with Crippen molar-refractivity contribution in [3.63, 3.8) is 0 Å². The molecule has 3 aromatic rings. The Hall–Kier alpha value is -2.62. The third kappa shape index (κ3) is 4.21. The van der Waals surface area contributed by atoms with Crippen molar-refractivity contribution in [2.75, 3.05) is 6.61 Å². The molecule has 3 rings (SSSR count). The number of carbonyl (C=O) groups excluding carboxylic acids is 1. The lowest BCUT2D eigenvalue weighted by Crippen LogP contribution is -2.17. The van der Waals surface area contributed by atoms with Crippen LogP contribution in [0.1, 0.15) is 16.8 Å². The summed E-state index contributed by atoms with van der Waals surface area (Å²) in [4.78, 5) is 23.6. The summed E-state index contributed by atoms with van der Waals surface area (Å²) < 4.78 is 34.6. The van der Waals surface area contributed by atoms with Crippen molar-refractivity contribution in [2.24, 2.45) is 5.14 Å². The highest BCUT2D eigenvalue weighted by molar-refractivity contribution is 7.89. The molecule has 0 aliphatic heterocycles. The maximum absolute atomic E-state index is 12.1. The molecule has 8 nitrogen and oxygen atoms in total. The Kier molecular flexibility index (Phi) is 5.36. The van der Waals surface area contributed by atoms with Crippen LogP contribution >= 0.6 is 11.6 Å². The van der Waals surface area contributed by atoms with Crippen LogP contribution in [0.4, 0.5) is 0 Å². The van der Waals surface area contributed by atoms with Crippen molar-refractivity contribution >= 4 is 38.7 Å². The lowest BCUT2D eigenvalue weighted by Gasteiger charge is -2.07. The van der Waals surface area contributed by atoms with E-state index < -0.39 is 21.7 Å². The van der Waals surface area contributed by atoms with Crippen molar-refractivity contribution in [2.45, 2.75) is 17.9 Å². The van der Waals surface area contributed by atoms with Crippen molar-refractivity contribution in [1.82, 2.24) is 4.57 Å². The minimum absolute atomic E-state index is 0.00866. The van der Waals surface area contributed by atoms with Crippen LogP contribution in [0, 0.1) is 0 Å². The molecule has 1 heterocycles. The van der Waals surface area contributed by atoms with E-state index in [0.717, 1.165) is 6.07 Å². The molecular weight excluding hydrogens is 396 g/mol. The van der Waals surface area contributed by atoms with Crippen LogP contribution in [0.15, 0.2) is 56.6 Å². The van der Waals surface area contributed by atoms with Gasteiger partial charge in [0.1, 0.15) is 4.90 Å². The average molecular weight is 411 g/mol. The maximum Gasteiger partial charge on any atom is 0.419 e. The summed E-state index contributed by atoms with van der Waals surface area (Å²) in [6.45, 7) is 0.324. The van der Waals surface area contributed by atoms with E-state index in [2.05, 4.69) is 0 Å². The molecule has 0 saturated heterocycles. The van der Waals surface area contributed by atoms with Gasteiger partial charge >= 0.3 is 11.7 Å². The maximum atomic E-state index is 12.1. The summed E-state index contributed by atoms with van der Waals surface area (Å²) in [6.07, 6.45) is 0.366. The fourth-order valence-corrected chi connectivity index (χ4v) is 3.62. The number of nitrogens with two attached hydrogens (primary N) is 1. The van der Waals surface area contributed by atoms with Gasteiger partial charge in [-0.15, -0.1) is 0 Å². The Labute approximate surface area is 159 Å². The number of hydrogen-bond donors (Lipinski definition) is 1. The number of primary sulfonamides is 1. The molecule has 0 radical (unpaired) electrons. The fourth-order valence-electron chi connectivity index (χ4n) is 2.54. The lowest BCUT2D eigenvalue weighted by molar-refractivity contribution is 0.0495. The number of halogens is 1. The predicted molar refractivity (Wildman–Crippen MR) is 98.2 cm³/mol. The van der Waals surface area contributed by atoms with Gasteiger partial charge in [-0.25, -0.2) is 23.1 Å². The first-order valence-electron chi connectivity index (χ1n) is 7.85. The summed E-state index contributed by atoms with van der Waals surface area (Å²) in [7, 11) is -4.06. The number of ether oxygens (including phenoxy) is 1. The number of nitrogens with zero attached hydrogens (tertiary/aromatic N) is 1. The standard InChI is InChI=1S/C17H15ClN2O6S/c18-12-7-6-11(10-15(12)27(19,23)24)16(21)25-9-3-8-20-13-4-1-2-5-14(13)26-17(20)22/h1-2,4-7,10H,3,8-9H2,(H2,19,23,24). The number of fused-ring (bicyclic) bond motifs is 1. The Morgan fingerprint density at radius 1 is 1.22 bits per heavy atom. The van der Waals surface area contributed by atoms with Gasteiger partial charge in [0.2, 0.25) is 10.0 Å². The van der Waals surface area contributed by atoms with E-state index in [1.165, 1.54) is 16.7 Å². The SMILES string of the molecule is NS(=O)(=O)c1cc(C(=O)OCCCn2c(=O)oc3ccccc32)ccc1Cl. The number of carbonyl (C=O) groups is 1. The number of oxazole rings is 1. The molecular formula is C17H15ClN2O6S. The van der Waals surface area contributed by atoms with E-state index >= 15 is 0 Å². The first-order valence-corrected chi connectivity index (χ1v) is 9.77. The highest BCUT2D eigenvalue weighted by Gasteiger charge is 2.17. The second-order valence-electron chi connectivity index (χ2n) is 5.67. The molecule has 27 heavy (non-hydrogen) atoms. The van der Waals surface area contributed by atoms with Crippen molar-refractivity contribution in [1.29, 1.82) is 0 Å². The van der Waals surface area contributed by atoms with Gasteiger partial charge < -0.3 is 9.15 Å². The topological polar surface area (TPSA) is 122 Å². The van der Waals surface area contributed by atoms with Crippen molar-refractivity contribution < 1.29 is 22.4 Å². The fraction of sp³-hybridized carbons (Fsp3) is 0.176. The number of para-hydroxylation sites is 2. The largest absolute Gasteiger partial charge is 0.462 e. The first kappa shape index (κ1) is 19.2. The molecule has 0 saturated carbocycles. The molecule has 2 aromatic carbocycles. The normalized spacial score (nSPS) is 11.6. The molecule has 142 valence electrons. The van der Waals surface area contributed by atoms with Gasteiger partial charge in [-0.2, -0.15) is 0 Å². The van der Waals surface area contributed by atoms with Crippen LogP contribution in [0.3, 0.4) is 0 Å². The number of aromatic nitrogens is 1. The second kappa shape index (κ2) is 7.55. The molecule has 2 N–H and O–H groups in total. The van der Waals surface area contributed by atoms with E-state index in [4.69, 9.17) is 25.9 Å². The molecule has 10 heteroatoms. The smallest absolute Gasteiger partial charge is 0.419 e. The quantitative estimate of drug-likeness (QED) is 0.490. The van der Waals surface area contributed by atoms with E-state index in [-0.39, 0.29) is 22.1 Å². The average Bonchev–Trinajstić information content (AvgIpc) is 2.93. The van der Waals surface area contributed by atoms with E-state index in [1.807, 2.05) is 0 Å². The van der Waals surface area contributed by atoms with Crippen LogP contribution in [0.2, 0.25) is 5.02 Å². The second-order valence-corrected chi connectivity index (χ2v) is 7.60. The first-order chi connectivity index (χ1) is 12.8. The molecule has 0 aliphatic rings. The zero-order valence-corrected chi connectivity index (χ0v) is 15.5. The highest BCUT2D eigenvalue weighted by atomic mass is 35.5. The van der Waals surface area contributed by atoms with Gasteiger partial charge in [-0.3, -0.25) is 4.57 Å². The summed E-state index contributed by atoms with van der Waals surface area (Å²) >= 11 is 5.78. The molecule has 0 aliphatic carbocycles. The number of benzene rings is 2. The van der Waals surface area contributed by atoms with E-state index in [1.54, 1.807) is 24.3 Å². The minimum Gasteiger partial charge on any atom is -0.462 e. The number of sulfonamides is 1. The van der Waals surface area contributed by atoms with Crippen molar-refractivity contribution in [3.05, 3.63) is 63.6 Å². The van der Waals surface area contributed by atoms with Crippen LogP contribution in [0.5, 0.6) is 0 Å². The molecule has 0 atom stereocenters. The van der Waals surface area contributed by atoms with Crippen LogP contribution in [-0.4, -0.2) is 25.6 Å². The Morgan fingerprint density at radius 2 is 1.96 bits per heavy atom. The zero-order valence-electron chi connectivity index (χ0n) is 13.9. The Morgan fingerprint density at radius 3 is 2.70 bits per heavy atom. The van der Waals surface area contributed by atoms with E-state index in [9.17, 15) is 18.0 Å². The number of aryl methyl sites for hydroxylation is 1.